The summed E-state index contributed by atoms with van der Waals surface area (Å²) in [6.45, 7) is 0.687. The molecule has 1 rings (SSSR count). The van der Waals surface area contributed by atoms with Gasteiger partial charge < -0.3 is 14.8 Å². The highest BCUT2D eigenvalue weighted by molar-refractivity contribution is 5.78. The molecule has 1 N–H and O–H groups in total. The maximum atomic E-state index is 11.3. The molecule has 0 aliphatic carbocycles. The second-order valence-corrected chi connectivity index (χ2v) is 2.84. The van der Waals surface area contributed by atoms with Gasteiger partial charge in [-0.15, -0.1) is 0 Å². The Bertz CT molecular complexity index is 160. The van der Waals surface area contributed by atoms with Crippen molar-refractivity contribution in [2.45, 2.75) is 19.1 Å². The number of carbonyl (C=O) groups excluding carboxylic acids is 1. The summed E-state index contributed by atoms with van der Waals surface area (Å²) in [5.74, 6) is -0.143. The highest BCUT2D eigenvalue weighted by Gasteiger charge is 2.30. The second-order valence-electron chi connectivity index (χ2n) is 2.84. The third-order valence-corrected chi connectivity index (χ3v) is 2.09. The molecule has 0 bridgehead atoms. The molecule has 1 fully saturated rings. The van der Waals surface area contributed by atoms with Gasteiger partial charge in [0.2, 0.25) is 5.91 Å². The van der Waals surface area contributed by atoms with E-state index in [1.54, 1.807) is 14.2 Å². The van der Waals surface area contributed by atoms with Gasteiger partial charge in [0.1, 0.15) is 0 Å². The van der Waals surface area contributed by atoms with Gasteiger partial charge in [0, 0.05) is 20.8 Å². The number of methoxy groups -OCH3 is 1. The minimum atomic E-state index is -0.362. The van der Waals surface area contributed by atoms with Gasteiger partial charge in [0.15, 0.2) is 6.29 Å². The van der Waals surface area contributed by atoms with Crippen LogP contribution in [0.5, 0.6) is 0 Å². The zero-order chi connectivity index (χ0) is 8.97. The molecular formula is C8H15NO3. The molecule has 0 aromatic carbocycles. The Labute approximate surface area is 72.2 Å². The van der Waals surface area contributed by atoms with E-state index in [0.29, 0.717) is 6.61 Å². The average molecular weight is 173 g/mol. The zero-order valence-corrected chi connectivity index (χ0v) is 7.50. The normalized spacial score (nSPS) is 29.8. The Balaban J connectivity index is 2.52. The van der Waals surface area contributed by atoms with Gasteiger partial charge in [0.05, 0.1) is 5.92 Å². The lowest BCUT2D eigenvalue weighted by Crippen LogP contribution is -2.41. The van der Waals surface area contributed by atoms with Gasteiger partial charge in [0.25, 0.3) is 0 Å². The van der Waals surface area contributed by atoms with E-state index >= 15 is 0 Å². The molecule has 1 amide bonds. The van der Waals surface area contributed by atoms with Crippen LogP contribution in [-0.4, -0.2) is 33.0 Å². The van der Waals surface area contributed by atoms with Gasteiger partial charge in [-0.3, -0.25) is 4.79 Å². The lowest BCUT2D eigenvalue weighted by Gasteiger charge is -2.28. The van der Waals surface area contributed by atoms with Crippen molar-refractivity contribution in [2.24, 2.45) is 5.92 Å². The van der Waals surface area contributed by atoms with Crippen LogP contribution in [0.25, 0.3) is 0 Å². The third-order valence-electron chi connectivity index (χ3n) is 2.09. The number of carbonyl (C=O) groups is 1. The Hall–Kier alpha value is -0.610. The molecule has 1 aliphatic rings. The van der Waals surface area contributed by atoms with Gasteiger partial charge in [-0.2, -0.15) is 0 Å². The number of hydrogen-bond acceptors (Lipinski definition) is 3. The number of amides is 1. The molecule has 0 radical (unpaired) electrons. The second kappa shape index (κ2) is 4.42. The fourth-order valence-corrected chi connectivity index (χ4v) is 1.43. The summed E-state index contributed by atoms with van der Waals surface area (Å²) in [6, 6.07) is 0. The van der Waals surface area contributed by atoms with Crippen molar-refractivity contribution in [1.82, 2.24) is 5.32 Å². The molecule has 1 heterocycles. The number of ether oxygens (including phenoxy) is 2. The Morgan fingerprint density at radius 3 is 3.00 bits per heavy atom. The molecule has 1 saturated heterocycles. The van der Waals surface area contributed by atoms with Crippen LogP contribution in [0.15, 0.2) is 0 Å². The van der Waals surface area contributed by atoms with E-state index in [2.05, 4.69) is 5.32 Å². The van der Waals surface area contributed by atoms with E-state index < -0.39 is 0 Å². The SMILES string of the molecule is CNC(=O)C1CCCOC1OC. The van der Waals surface area contributed by atoms with Crippen LogP contribution >= 0.6 is 0 Å². The number of rotatable bonds is 2. The maximum absolute atomic E-state index is 11.3. The molecule has 70 valence electrons. The minimum absolute atomic E-state index is 0.00144. The largest absolute Gasteiger partial charge is 0.359 e. The van der Waals surface area contributed by atoms with Crippen LogP contribution in [0.3, 0.4) is 0 Å². The summed E-state index contributed by atoms with van der Waals surface area (Å²) in [7, 11) is 3.19. The molecule has 0 aromatic rings. The van der Waals surface area contributed by atoms with Crippen LogP contribution in [-0.2, 0) is 14.3 Å². The summed E-state index contributed by atoms with van der Waals surface area (Å²) in [4.78, 5) is 11.3. The molecule has 1 aliphatic heterocycles. The molecule has 2 unspecified atom stereocenters. The van der Waals surface area contributed by atoms with Crippen LogP contribution < -0.4 is 5.32 Å². The van der Waals surface area contributed by atoms with Crippen molar-refractivity contribution in [3.05, 3.63) is 0 Å². The summed E-state index contributed by atoms with van der Waals surface area (Å²) in [5, 5.41) is 2.60. The Morgan fingerprint density at radius 2 is 2.42 bits per heavy atom. The Morgan fingerprint density at radius 1 is 1.67 bits per heavy atom. The maximum Gasteiger partial charge on any atom is 0.227 e. The predicted molar refractivity (Wildman–Crippen MR) is 43.5 cm³/mol. The first kappa shape index (κ1) is 9.48. The highest BCUT2D eigenvalue weighted by atomic mass is 16.7. The summed E-state index contributed by atoms with van der Waals surface area (Å²) in [6.07, 6.45) is 1.41. The summed E-state index contributed by atoms with van der Waals surface area (Å²) < 4.78 is 10.3. The third kappa shape index (κ3) is 1.95. The van der Waals surface area contributed by atoms with Gasteiger partial charge in [-0.25, -0.2) is 0 Å². The first-order chi connectivity index (χ1) is 5.79. The first-order valence-corrected chi connectivity index (χ1v) is 4.15. The van der Waals surface area contributed by atoms with Crippen molar-refractivity contribution in [3.63, 3.8) is 0 Å². The van der Waals surface area contributed by atoms with E-state index in [-0.39, 0.29) is 18.1 Å². The van der Waals surface area contributed by atoms with Crippen molar-refractivity contribution in [3.8, 4) is 0 Å². The molecule has 4 nitrogen and oxygen atoms in total. The molecule has 12 heavy (non-hydrogen) atoms. The van der Waals surface area contributed by atoms with Crippen molar-refractivity contribution < 1.29 is 14.3 Å². The van der Waals surface area contributed by atoms with Gasteiger partial charge in [-0.05, 0) is 12.8 Å². The zero-order valence-electron chi connectivity index (χ0n) is 7.50. The quantitative estimate of drug-likeness (QED) is 0.645. The first-order valence-electron chi connectivity index (χ1n) is 4.15. The van der Waals surface area contributed by atoms with E-state index in [0.717, 1.165) is 12.8 Å². The lowest BCUT2D eigenvalue weighted by atomic mass is 10.00. The van der Waals surface area contributed by atoms with Crippen molar-refractivity contribution in [2.75, 3.05) is 20.8 Å². The van der Waals surface area contributed by atoms with E-state index in [9.17, 15) is 4.79 Å². The molecule has 0 saturated carbocycles. The van der Waals surface area contributed by atoms with E-state index in [4.69, 9.17) is 9.47 Å². The van der Waals surface area contributed by atoms with Crippen LogP contribution in [0.2, 0.25) is 0 Å². The molecule has 2 atom stereocenters. The van der Waals surface area contributed by atoms with E-state index in [1.165, 1.54) is 0 Å². The van der Waals surface area contributed by atoms with Crippen molar-refractivity contribution in [1.29, 1.82) is 0 Å². The average Bonchev–Trinajstić information content (AvgIpc) is 2.16. The topological polar surface area (TPSA) is 47.6 Å². The van der Waals surface area contributed by atoms with Gasteiger partial charge >= 0.3 is 0 Å². The number of nitrogens with one attached hydrogen (secondary N) is 1. The van der Waals surface area contributed by atoms with Crippen LogP contribution in [0, 0.1) is 5.92 Å². The Kier molecular flexibility index (Phi) is 3.49. The van der Waals surface area contributed by atoms with Crippen LogP contribution in [0.1, 0.15) is 12.8 Å². The predicted octanol–water partition coefficient (Wildman–Crippen LogP) is 0.131. The minimum Gasteiger partial charge on any atom is -0.359 e. The van der Waals surface area contributed by atoms with Gasteiger partial charge in [-0.1, -0.05) is 0 Å². The summed E-state index contributed by atoms with van der Waals surface area (Å²) >= 11 is 0. The fraction of sp³-hybridized carbons (Fsp3) is 0.875. The lowest BCUT2D eigenvalue weighted by molar-refractivity contribution is -0.183. The van der Waals surface area contributed by atoms with E-state index in [1.807, 2.05) is 0 Å². The monoisotopic (exact) mass is 173 g/mol. The van der Waals surface area contributed by atoms with Crippen LogP contribution in [0.4, 0.5) is 0 Å². The molecule has 0 spiro atoms. The molecule has 0 aromatic heterocycles. The molecular weight excluding hydrogens is 158 g/mol. The smallest absolute Gasteiger partial charge is 0.227 e. The molecule has 4 heteroatoms. The highest BCUT2D eigenvalue weighted by Crippen LogP contribution is 2.21. The summed E-state index contributed by atoms with van der Waals surface area (Å²) in [5.41, 5.74) is 0. The number of hydrogen-bond donors (Lipinski definition) is 1. The van der Waals surface area contributed by atoms with Crippen molar-refractivity contribution >= 4 is 5.91 Å². The fourth-order valence-electron chi connectivity index (χ4n) is 1.43. The standard InChI is InChI=1S/C8H15NO3/c1-9-7(10)6-4-3-5-12-8(6)11-2/h6,8H,3-5H2,1-2H3,(H,9,10).